The van der Waals surface area contributed by atoms with E-state index < -0.39 is 0 Å². The summed E-state index contributed by atoms with van der Waals surface area (Å²) in [5, 5.41) is 0.717. The molecule has 0 aromatic rings. The Balaban J connectivity index is 0.00000124. The Kier molecular flexibility index (Phi) is 16.0. The van der Waals surface area contributed by atoms with Gasteiger partial charge in [-0.2, -0.15) is 0 Å². The first-order valence-electron chi connectivity index (χ1n) is 18.6. The zero-order valence-electron chi connectivity index (χ0n) is 29.9. The minimum atomic E-state index is 0.283. The number of unbranched alkanes of at least 4 members (excludes halogenated alkanes) is 1. The topological polar surface area (TPSA) is 72.3 Å². The Bertz CT molecular complexity index is 893. The predicted molar refractivity (Wildman–Crippen MR) is 197 cm³/mol. The fourth-order valence-electron chi connectivity index (χ4n) is 9.82. The van der Waals surface area contributed by atoms with Crippen LogP contribution in [0.1, 0.15) is 138 Å². The lowest BCUT2D eigenvalue weighted by Crippen LogP contribution is -2.50. The van der Waals surface area contributed by atoms with E-state index in [0.717, 1.165) is 78.9 Å². The van der Waals surface area contributed by atoms with Gasteiger partial charge in [-0.15, -0.1) is 0 Å². The molecule has 256 valence electrons. The monoisotopic (exact) mass is 650 g/mol. The normalized spacial score (nSPS) is 33.4. The number of hydrogen-bond donors (Lipinski definition) is 2. The lowest BCUT2D eigenvalue weighted by Gasteiger charge is -2.58. The molecule has 44 heavy (non-hydrogen) atoms. The minimum absolute atomic E-state index is 0.283. The van der Waals surface area contributed by atoms with Crippen molar-refractivity contribution in [2.24, 2.45) is 57.8 Å². The Morgan fingerprint density at radius 3 is 2.43 bits per heavy atom. The van der Waals surface area contributed by atoms with E-state index in [1.54, 1.807) is 5.57 Å². The first kappa shape index (κ1) is 38.3. The SMILES string of the molecule is CC(C)CCCC(C)C1CCC2C3CC=C4CC(SSCCC(=O)N(C)CCCCN)CCC4(C)C3CCC12C.CCCN. The van der Waals surface area contributed by atoms with Gasteiger partial charge >= 0.3 is 0 Å². The van der Waals surface area contributed by atoms with Gasteiger partial charge < -0.3 is 16.4 Å². The number of carbonyl (C=O) groups excluding carboxylic acids is 1. The highest BCUT2D eigenvalue weighted by molar-refractivity contribution is 8.76. The number of amides is 1. The molecule has 0 aromatic heterocycles. The third-order valence-electron chi connectivity index (χ3n) is 12.5. The van der Waals surface area contributed by atoms with E-state index in [0.29, 0.717) is 23.8 Å². The van der Waals surface area contributed by atoms with E-state index >= 15 is 0 Å². The van der Waals surface area contributed by atoms with Crippen molar-refractivity contribution in [1.82, 2.24) is 4.90 Å². The van der Waals surface area contributed by atoms with Crippen molar-refractivity contribution in [3.8, 4) is 0 Å². The van der Waals surface area contributed by atoms with Gasteiger partial charge in [0.05, 0.1) is 0 Å². The third-order valence-corrected chi connectivity index (χ3v) is 15.4. The summed E-state index contributed by atoms with van der Waals surface area (Å²) in [7, 11) is 5.95. The fraction of sp³-hybridized carbons (Fsp3) is 0.921. The average Bonchev–Trinajstić information content (AvgIpc) is 3.36. The summed E-state index contributed by atoms with van der Waals surface area (Å²) >= 11 is 0. The summed E-state index contributed by atoms with van der Waals surface area (Å²) in [5.41, 5.74) is 13.4. The van der Waals surface area contributed by atoms with E-state index in [-0.39, 0.29) is 5.91 Å². The van der Waals surface area contributed by atoms with E-state index in [1.165, 1.54) is 70.6 Å². The van der Waals surface area contributed by atoms with Crippen molar-refractivity contribution in [1.29, 1.82) is 0 Å². The van der Waals surface area contributed by atoms with Crippen molar-refractivity contribution < 1.29 is 4.79 Å². The Morgan fingerprint density at radius 1 is 1.00 bits per heavy atom. The van der Waals surface area contributed by atoms with Gasteiger partial charge in [-0.3, -0.25) is 4.79 Å². The van der Waals surface area contributed by atoms with Crippen LogP contribution in [0.2, 0.25) is 0 Å². The smallest absolute Gasteiger partial charge is 0.223 e. The molecule has 4 aliphatic carbocycles. The van der Waals surface area contributed by atoms with E-state index in [9.17, 15) is 4.79 Å². The van der Waals surface area contributed by atoms with Crippen LogP contribution in [-0.4, -0.2) is 48.5 Å². The maximum atomic E-state index is 12.4. The molecule has 3 saturated carbocycles. The molecule has 0 saturated heterocycles. The minimum Gasteiger partial charge on any atom is -0.346 e. The van der Waals surface area contributed by atoms with Crippen LogP contribution in [0.25, 0.3) is 0 Å². The lowest BCUT2D eigenvalue weighted by atomic mass is 9.47. The van der Waals surface area contributed by atoms with Gasteiger partial charge in [0.1, 0.15) is 0 Å². The van der Waals surface area contributed by atoms with Gasteiger partial charge in [0.15, 0.2) is 0 Å². The van der Waals surface area contributed by atoms with Crippen LogP contribution in [0.3, 0.4) is 0 Å². The molecule has 0 radical (unpaired) electrons. The lowest BCUT2D eigenvalue weighted by molar-refractivity contribution is -0.129. The van der Waals surface area contributed by atoms with Crippen LogP contribution in [0, 0.1) is 46.3 Å². The van der Waals surface area contributed by atoms with Gasteiger partial charge in [-0.1, -0.05) is 94.0 Å². The molecule has 3 fully saturated rings. The fourth-order valence-corrected chi connectivity index (χ4v) is 12.4. The van der Waals surface area contributed by atoms with Crippen molar-refractivity contribution in [2.75, 3.05) is 32.4 Å². The Hall–Kier alpha value is -0.170. The summed E-state index contributed by atoms with van der Waals surface area (Å²) in [5.74, 6) is 6.69. The van der Waals surface area contributed by atoms with Gasteiger partial charge in [0.2, 0.25) is 5.91 Å². The van der Waals surface area contributed by atoms with Crippen LogP contribution in [0.15, 0.2) is 11.6 Å². The second-order valence-electron chi connectivity index (χ2n) is 15.9. The molecule has 6 heteroatoms. The van der Waals surface area contributed by atoms with E-state index in [2.05, 4.69) is 58.4 Å². The number of nitrogens with two attached hydrogens (primary N) is 2. The number of rotatable bonds is 15. The molecule has 1 amide bonds. The van der Waals surface area contributed by atoms with E-state index in [4.69, 9.17) is 11.5 Å². The summed E-state index contributed by atoms with van der Waals surface area (Å²) in [6.07, 6.45) is 22.0. The first-order chi connectivity index (χ1) is 21.0. The molecule has 4 nitrogen and oxygen atoms in total. The second-order valence-corrected chi connectivity index (χ2v) is 18.7. The van der Waals surface area contributed by atoms with Crippen molar-refractivity contribution in [3.05, 3.63) is 11.6 Å². The highest BCUT2D eigenvalue weighted by Gasteiger charge is 2.59. The van der Waals surface area contributed by atoms with Crippen LogP contribution < -0.4 is 11.5 Å². The molecule has 4 N–H and O–H groups in total. The molecule has 8 atom stereocenters. The number of hydrogen-bond acceptors (Lipinski definition) is 5. The van der Waals surface area contributed by atoms with Crippen molar-refractivity contribution >= 4 is 27.5 Å². The van der Waals surface area contributed by atoms with Crippen LogP contribution in [0.4, 0.5) is 0 Å². The molecular weight excluding hydrogens is 579 g/mol. The summed E-state index contributed by atoms with van der Waals surface area (Å²) in [4.78, 5) is 14.3. The molecule has 8 unspecified atom stereocenters. The molecular formula is C38H71N3OS2. The van der Waals surface area contributed by atoms with Crippen LogP contribution in [-0.2, 0) is 4.79 Å². The van der Waals surface area contributed by atoms with Gasteiger partial charge in [0, 0.05) is 31.0 Å². The van der Waals surface area contributed by atoms with Gasteiger partial charge in [-0.05, 0) is 130 Å². The maximum Gasteiger partial charge on any atom is 0.223 e. The van der Waals surface area contributed by atoms with Gasteiger partial charge in [0.25, 0.3) is 0 Å². The highest BCUT2D eigenvalue weighted by Crippen LogP contribution is 2.67. The van der Waals surface area contributed by atoms with Gasteiger partial charge in [-0.25, -0.2) is 0 Å². The standard InChI is InChI=1S/C35H62N2OS2.C3H9N/c1-25(2)10-9-11-26(3)30-14-15-31-29-13-12-27-24-28(16-19-34(27,4)32(29)17-20-35(30,31)5)40-39-23-18-33(38)37(6)22-8-7-21-36;1-2-3-4/h12,25-26,28-32H,7-11,13-24,36H2,1-6H3;2-4H2,1H3. The number of carbonyl (C=O) groups is 1. The second kappa shape index (κ2) is 18.4. The third kappa shape index (κ3) is 9.69. The van der Waals surface area contributed by atoms with E-state index in [1.807, 2.05) is 22.7 Å². The number of nitrogens with zero attached hydrogens (tertiary/aromatic N) is 1. The predicted octanol–water partition coefficient (Wildman–Crippen LogP) is 9.72. The molecule has 0 aliphatic heterocycles. The molecule has 0 aromatic carbocycles. The molecule has 4 rings (SSSR count). The van der Waals surface area contributed by atoms with Crippen molar-refractivity contribution in [2.45, 2.75) is 143 Å². The Morgan fingerprint density at radius 2 is 1.75 bits per heavy atom. The number of fused-ring (bicyclic) bond motifs is 5. The largest absolute Gasteiger partial charge is 0.346 e. The molecule has 4 aliphatic rings. The highest BCUT2D eigenvalue weighted by atomic mass is 33.1. The summed E-state index contributed by atoms with van der Waals surface area (Å²) in [6.45, 7) is 17.2. The quantitative estimate of drug-likeness (QED) is 0.105. The zero-order valence-corrected chi connectivity index (χ0v) is 31.5. The molecule has 0 heterocycles. The maximum absolute atomic E-state index is 12.4. The molecule has 0 bridgehead atoms. The van der Waals surface area contributed by atoms with Crippen molar-refractivity contribution in [3.63, 3.8) is 0 Å². The van der Waals surface area contributed by atoms with Crippen LogP contribution in [0.5, 0.6) is 0 Å². The van der Waals surface area contributed by atoms with Crippen LogP contribution >= 0.6 is 21.6 Å². The average molecular weight is 650 g/mol. The summed E-state index contributed by atoms with van der Waals surface area (Å²) < 4.78 is 0. The Labute approximate surface area is 281 Å². The number of allylic oxidation sites excluding steroid dienone is 2. The molecule has 0 spiro atoms. The summed E-state index contributed by atoms with van der Waals surface area (Å²) in [6, 6.07) is 0. The zero-order chi connectivity index (χ0) is 32.3. The first-order valence-corrected chi connectivity index (χ1v) is 21.0.